The molecule has 1 N–H and O–H groups in total. The molecule has 5 atom stereocenters. The van der Waals surface area contributed by atoms with Gasteiger partial charge < -0.3 is 19.5 Å². The second-order valence-electron chi connectivity index (χ2n) is 10.7. The smallest absolute Gasteiger partial charge is 0.338 e. The largest absolute Gasteiger partial charge is 0.497 e. The fraction of sp³-hybridized carbons (Fsp3) is 0.312. The van der Waals surface area contributed by atoms with Crippen LogP contribution in [-0.4, -0.2) is 44.5 Å². The van der Waals surface area contributed by atoms with Crippen molar-refractivity contribution in [2.24, 2.45) is 23.7 Å². The number of carbonyl (C=O) groups excluding carboxylic acids is 4. The zero-order valence-electron chi connectivity index (χ0n) is 22.7. The van der Waals surface area contributed by atoms with E-state index in [1.807, 2.05) is 18.2 Å². The first-order chi connectivity index (χ1) is 19.9. The third kappa shape index (κ3) is 4.71. The lowest BCUT2D eigenvalue weighted by atomic mass is 9.73. The van der Waals surface area contributed by atoms with E-state index in [1.165, 1.54) is 36.8 Å². The molecule has 41 heavy (non-hydrogen) atoms. The Labute approximate surface area is 237 Å². The van der Waals surface area contributed by atoms with Gasteiger partial charge in [0, 0.05) is 6.07 Å². The Hall–Kier alpha value is -4.66. The summed E-state index contributed by atoms with van der Waals surface area (Å²) < 4.78 is 15.7. The minimum absolute atomic E-state index is 0.128. The first-order valence-corrected chi connectivity index (χ1v) is 13.6. The summed E-state index contributed by atoms with van der Waals surface area (Å²) in [7, 11) is 2.98. The fourth-order valence-electron chi connectivity index (χ4n) is 6.88. The lowest BCUT2D eigenvalue weighted by molar-refractivity contribution is -0.123. The van der Waals surface area contributed by atoms with Crippen molar-refractivity contribution in [1.82, 2.24) is 0 Å². The molecule has 1 saturated heterocycles. The van der Waals surface area contributed by atoms with Crippen molar-refractivity contribution in [3.05, 3.63) is 83.9 Å². The Balaban J connectivity index is 1.13. The average Bonchev–Trinajstić information content (AvgIpc) is 3.67. The number of nitrogens with zero attached hydrogens (tertiary/aromatic N) is 1. The number of nitrogens with one attached hydrogen (secondary N) is 1. The van der Waals surface area contributed by atoms with Gasteiger partial charge in [-0.1, -0.05) is 36.4 Å². The number of amides is 3. The maximum absolute atomic E-state index is 13.6. The van der Waals surface area contributed by atoms with Crippen molar-refractivity contribution < 1.29 is 33.4 Å². The number of carbonyl (C=O) groups is 4. The van der Waals surface area contributed by atoms with Crippen molar-refractivity contribution in [3.63, 3.8) is 0 Å². The molecule has 3 fully saturated rings. The van der Waals surface area contributed by atoms with Crippen LogP contribution in [0.15, 0.2) is 72.8 Å². The summed E-state index contributed by atoms with van der Waals surface area (Å²) in [6.07, 6.45) is 1.79. The van der Waals surface area contributed by atoms with Gasteiger partial charge >= 0.3 is 5.97 Å². The van der Waals surface area contributed by atoms with E-state index in [4.69, 9.17) is 14.2 Å². The molecule has 1 aliphatic heterocycles. The van der Waals surface area contributed by atoms with E-state index in [-0.39, 0.29) is 47.0 Å². The van der Waals surface area contributed by atoms with Crippen LogP contribution in [0.5, 0.6) is 11.5 Å². The predicted octanol–water partition coefficient (Wildman–Crippen LogP) is 4.43. The van der Waals surface area contributed by atoms with Crippen molar-refractivity contribution in [3.8, 4) is 11.5 Å². The Kier molecular flexibility index (Phi) is 6.95. The van der Waals surface area contributed by atoms with Gasteiger partial charge in [0.25, 0.3) is 5.91 Å². The molecule has 2 aliphatic carbocycles. The van der Waals surface area contributed by atoms with Gasteiger partial charge in [0.1, 0.15) is 11.5 Å². The average molecular weight is 555 g/mol. The maximum Gasteiger partial charge on any atom is 0.338 e. The van der Waals surface area contributed by atoms with Gasteiger partial charge in [0.15, 0.2) is 6.61 Å². The summed E-state index contributed by atoms with van der Waals surface area (Å²) in [6.45, 7) is -0.542. The number of hydrogen-bond donors (Lipinski definition) is 1. The number of rotatable bonds is 8. The number of benzene rings is 3. The first kappa shape index (κ1) is 26.6. The van der Waals surface area contributed by atoms with Crippen LogP contribution in [0.3, 0.4) is 0 Å². The Morgan fingerprint density at radius 3 is 2.41 bits per heavy atom. The van der Waals surface area contributed by atoms with Crippen molar-refractivity contribution in [2.75, 3.05) is 31.0 Å². The standard InChI is InChI=1S/C32H30N2O7/c1-39-22-11-12-26(40-2)25(16-22)33-27(35)17-41-32(38)19-9-6-10-21(13-19)34-30(36)28-20-14-23(18-7-4-3-5-8-18)24(15-20)29(28)31(34)37/h3-13,16,20,23-24,28-29H,14-15,17H2,1-2H3,(H,33,35)/t20-,23-,24+,28+,29-/m0/s1. The number of hydrogen-bond acceptors (Lipinski definition) is 7. The third-order valence-electron chi connectivity index (χ3n) is 8.60. The van der Waals surface area contributed by atoms with Crippen LogP contribution in [0, 0.1) is 23.7 Å². The topological polar surface area (TPSA) is 111 Å². The molecule has 2 saturated carbocycles. The van der Waals surface area contributed by atoms with Gasteiger partial charge in [-0.05, 0) is 66.5 Å². The maximum atomic E-state index is 13.6. The number of fused-ring (bicyclic) bond motifs is 5. The molecule has 3 aromatic rings. The summed E-state index contributed by atoms with van der Waals surface area (Å²) in [5, 5.41) is 2.64. The van der Waals surface area contributed by atoms with Crippen LogP contribution < -0.4 is 19.7 Å². The number of ether oxygens (including phenoxy) is 3. The Morgan fingerprint density at radius 1 is 0.878 bits per heavy atom. The van der Waals surface area contributed by atoms with E-state index in [9.17, 15) is 19.2 Å². The summed E-state index contributed by atoms with van der Waals surface area (Å²) in [5.41, 5.74) is 2.06. The van der Waals surface area contributed by atoms with E-state index in [2.05, 4.69) is 17.4 Å². The molecule has 3 aromatic carbocycles. The van der Waals surface area contributed by atoms with E-state index in [0.717, 1.165) is 12.8 Å². The third-order valence-corrected chi connectivity index (χ3v) is 8.60. The zero-order chi connectivity index (χ0) is 28.7. The van der Waals surface area contributed by atoms with Crippen LogP contribution in [0.1, 0.15) is 34.7 Å². The second kappa shape index (κ2) is 10.7. The molecule has 3 amide bonds. The van der Waals surface area contributed by atoms with E-state index < -0.39 is 18.5 Å². The first-order valence-electron chi connectivity index (χ1n) is 13.6. The highest BCUT2D eigenvalue weighted by atomic mass is 16.5. The van der Waals surface area contributed by atoms with Crippen molar-refractivity contribution >= 4 is 35.1 Å². The van der Waals surface area contributed by atoms with Gasteiger partial charge in [-0.3, -0.25) is 19.3 Å². The summed E-state index contributed by atoms with van der Waals surface area (Å²) >= 11 is 0. The monoisotopic (exact) mass is 554 g/mol. The van der Waals surface area contributed by atoms with Gasteiger partial charge in [0.05, 0.1) is 43.0 Å². The van der Waals surface area contributed by atoms with Crippen LogP contribution in [0.4, 0.5) is 11.4 Å². The van der Waals surface area contributed by atoms with Crippen LogP contribution in [-0.2, 0) is 19.1 Å². The molecule has 1 heterocycles. The second-order valence-corrected chi connectivity index (χ2v) is 10.7. The molecule has 2 bridgehead atoms. The van der Waals surface area contributed by atoms with Crippen LogP contribution in [0.2, 0.25) is 0 Å². The van der Waals surface area contributed by atoms with Gasteiger partial charge in [-0.15, -0.1) is 0 Å². The molecule has 6 rings (SSSR count). The highest BCUT2D eigenvalue weighted by Gasteiger charge is 2.64. The highest BCUT2D eigenvalue weighted by Crippen LogP contribution is 2.61. The summed E-state index contributed by atoms with van der Waals surface area (Å²) in [4.78, 5) is 53.7. The van der Waals surface area contributed by atoms with Crippen molar-refractivity contribution in [2.45, 2.75) is 18.8 Å². The fourth-order valence-corrected chi connectivity index (χ4v) is 6.88. The van der Waals surface area contributed by atoms with E-state index in [0.29, 0.717) is 22.9 Å². The molecule has 9 heteroatoms. The molecule has 0 unspecified atom stereocenters. The molecule has 0 radical (unpaired) electrons. The Bertz CT molecular complexity index is 1520. The summed E-state index contributed by atoms with van der Waals surface area (Å²) in [5.74, 6) is -0.870. The van der Waals surface area contributed by atoms with Crippen LogP contribution in [0.25, 0.3) is 0 Å². The molecule has 9 nitrogen and oxygen atoms in total. The van der Waals surface area contributed by atoms with E-state index in [1.54, 1.807) is 30.3 Å². The highest BCUT2D eigenvalue weighted by molar-refractivity contribution is 6.23. The number of imide groups is 1. The molecule has 3 aliphatic rings. The Morgan fingerprint density at radius 2 is 1.66 bits per heavy atom. The predicted molar refractivity (Wildman–Crippen MR) is 150 cm³/mol. The minimum atomic E-state index is -0.747. The van der Waals surface area contributed by atoms with Gasteiger partial charge in [0.2, 0.25) is 11.8 Å². The summed E-state index contributed by atoms with van der Waals surface area (Å²) in [6, 6.07) is 21.4. The number of esters is 1. The number of anilines is 2. The molecule has 210 valence electrons. The lowest BCUT2D eigenvalue weighted by Gasteiger charge is -2.28. The van der Waals surface area contributed by atoms with E-state index >= 15 is 0 Å². The molecule has 0 aromatic heterocycles. The minimum Gasteiger partial charge on any atom is -0.497 e. The van der Waals surface area contributed by atoms with Gasteiger partial charge in [-0.25, -0.2) is 4.79 Å². The number of methoxy groups -OCH3 is 2. The zero-order valence-corrected chi connectivity index (χ0v) is 22.7. The van der Waals surface area contributed by atoms with Gasteiger partial charge in [-0.2, -0.15) is 0 Å². The molecular weight excluding hydrogens is 524 g/mol. The normalized spacial score (nSPS) is 24.2. The quantitative estimate of drug-likeness (QED) is 0.324. The van der Waals surface area contributed by atoms with Crippen LogP contribution >= 0.6 is 0 Å². The lowest BCUT2D eigenvalue weighted by Crippen LogP contribution is -2.33. The van der Waals surface area contributed by atoms with Crippen molar-refractivity contribution in [1.29, 1.82) is 0 Å². The molecule has 0 spiro atoms. The molecular formula is C32H30N2O7. The SMILES string of the molecule is COc1ccc(OC)c(NC(=O)COC(=O)c2cccc(N3C(=O)[C@@H]4[C@@H]5C[C@@H]([C@@H]4C3=O)[C@H](c3ccccc3)C5)c2)c1.